The van der Waals surface area contributed by atoms with Crippen LogP contribution in [-0.2, 0) is 9.53 Å². The Morgan fingerprint density at radius 1 is 1.28 bits per heavy atom. The molecule has 1 amide bonds. The van der Waals surface area contributed by atoms with E-state index in [0.717, 1.165) is 35.2 Å². The molecule has 0 spiro atoms. The highest BCUT2D eigenvalue weighted by Gasteiger charge is 2.33. The quantitative estimate of drug-likeness (QED) is 0.410. The van der Waals surface area contributed by atoms with Crippen molar-refractivity contribution in [3.63, 3.8) is 0 Å². The molecule has 0 aliphatic carbocycles. The first-order valence-corrected chi connectivity index (χ1v) is 11.7. The zero-order valence-electron chi connectivity index (χ0n) is 19.7. The van der Waals surface area contributed by atoms with Crippen LogP contribution < -0.4 is 10.1 Å². The Kier molecular flexibility index (Phi) is 8.25. The Balaban J connectivity index is 1.37. The average Bonchev–Trinajstić information content (AvgIpc) is 2.89. The van der Waals surface area contributed by atoms with Crippen LogP contribution >= 0.6 is 0 Å². The molecular formula is C27H28F2N2O5. The number of hydrogen-bond acceptors (Lipinski definition) is 6. The van der Waals surface area contributed by atoms with Crippen molar-refractivity contribution in [2.45, 2.75) is 43.6 Å². The van der Waals surface area contributed by atoms with E-state index >= 15 is 0 Å². The summed E-state index contributed by atoms with van der Waals surface area (Å²) in [4.78, 5) is 16.7. The second-order valence-corrected chi connectivity index (χ2v) is 8.71. The van der Waals surface area contributed by atoms with Gasteiger partial charge in [0.2, 0.25) is 5.91 Å². The molecular weight excluding hydrogens is 470 g/mol. The van der Waals surface area contributed by atoms with E-state index in [2.05, 4.69) is 10.3 Å². The smallest absolute Gasteiger partial charge is 0.244 e. The predicted molar refractivity (Wildman–Crippen MR) is 130 cm³/mol. The third-order valence-corrected chi connectivity index (χ3v) is 6.31. The lowest BCUT2D eigenvalue weighted by Gasteiger charge is -2.36. The van der Waals surface area contributed by atoms with Crippen molar-refractivity contribution < 1.29 is 33.3 Å². The lowest BCUT2D eigenvalue weighted by Crippen LogP contribution is -2.50. The number of amides is 1. The Labute approximate surface area is 207 Å². The standard InChI is InChI=1S/C27H28F2N2O5/c1-35-19-12-21-20(3-2-4-23(21)30-14-19)25(33)13-18-7-9-24(26(15-32)36-18)31-27(34)10-5-16-11-17(28)6-8-22(16)29/h2-6,8,10-12,14,18,24-26,32-33H,7,9,13,15H2,1H3,(H,31,34)/b10-5+/t18-,24+,25?,26+/m0/s1. The Bertz CT molecular complexity index is 1250. The number of nitrogens with one attached hydrogen (secondary N) is 1. The van der Waals surface area contributed by atoms with Gasteiger partial charge < -0.3 is 25.0 Å². The molecule has 2 heterocycles. The molecule has 3 aromatic rings. The zero-order chi connectivity index (χ0) is 25.7. The van der Waals surface area contributed by atoms with Gasteiger partial charge in [0.05, 0.1) is 43.7 Å². The highest BCUT2D eigenvalue weighted by atomic mass is 19.1. The summed E-state index contributed by atoms with van der Waals surface area (Å²) in [6.07, 6.45) is 3.45. The van der Waals surface area contributed by atoms with Crippen molar-refractivity contribution in [1.29, 1.82) is 0 Å². The van der Waals surface area contributed by atoms with Gasteiger partial charge in [-0.1, -0.05) is 12.1 Å². The van der Waals surface area contributed by atoms with E-state index in [4.69, 9.17) is 9.47 Å². The maximum absolute atomic E-state index is 13.8. The average molecular weight is 499 g/mol. The molecule has 0 saturated carbocycles. The number of carbonyl (C=O) groups excluding carboxylic acids is 1. The molecule has 1 aromatic heterocycles. The topological polar surface area (TPSA) is 101 Å². The lowest BCUT2D eigenvalue weighted by molar-refractivity contribution is -0.126. The first-order valence-electron chi connectivity index (χ1n) is 11.7. The van der Waals surface area contributed by atoms with E-state index in [-0.39, 0.29) is 18.3 Å². The summed E-state index contributed by atoms with van der Waals surface area (Å²) in [5, 5.41) is 24.4. The molecule has 7 nitrogen and oxygen atoms in total. The molecule has 4 atom stereocenters. The van der Waals surface area contributed by atoms with Crippen LogP contribution in [0.5, 0.6) is 5.75 Å². The van der Waals surface area contributed by atoms with Gasteiger partial charge in [0.1, 0.15) is 23.5 Å². The van der Waals surface area contributed by atoms with E-state index in [1.807, 2.05) is 24.3 Å². The molecule has 36 heavy (non-hydrogen) atoms. The van der Waals surface area contributed by atoms with Crippen LogP contribution in [0.25, 0.3) is 17.0 Å². The maximum atomic E-state index is 13.8. The Morgan fingerprint density at radius 2 is 2.11 bits per heavy atom. The van der Waals surface area contributed by atoms with Crippen LogP contribution in [0.2, 0.25) is 0 Å². The van der Waals surface area contributed by atoms with Gasteiger partial charge in [-0.05, 0) is 54.8 Å². The number of aliphatic hydroxyl groups excluding tert-OH is 2. The van der Waals surface area contributed by atoms with Crippen LogP contribution in [0, 0.1) is 11.6 Å². The molecule has 1 aliphatic rings. The number of ether oxygens (including phenoxy) is 2. The molecule has 0 bridgehead atoms. The number of aliphatic hydroxyl groups is 2. The Morgan fingerprint density at radius 3 is 2.89 bits per heavy atom. The molecule has 1 aliphatic heterocycles. The summed E-state index contributed by atoms with van der Waals surface area (Å²) in [5.41, 5.74) is 1.39. The zero-order valence-corrected chi connectivity index (χ0v) is 19.7. The van der Waals surface area contributed by atoms with Crippen molar-refractivity contribution in [1.82, 2.24) is 10.3 Å². The molecule has 3 N–H and O–H groups in total. The van der Waals surface area contributed by atoms with Gasteiger partial charge in [-0.15, -0.1) is 0 Å². The highest BCUT2D eigenvalue weighted by molar-refractivity contribution is 5.92. The molecule has 9 heteroatoms. The van der Waals surface area contributed by atoms with Gasteiger partial charge in [-0.25, -0.2) is 8.78 Å². The van der Waals surface area contributed by atoms with Crippen molar-refractivity contribution in [3.8, 4) is 5.75 Å². The van der Waals surface area contributed by atoms with Crippen LogP contribution in [0.4, 0.5) is 8.78 Å². The van der Waals surface area contributed by atoms with Crippen molar-refractivity contribution >= 4 is 22.9 Å². The number of carbonyl (C=O) groups is 1. The fraction of sp³-hybridized carbons (Fsp3) is 0.333. The van der Waals surface area contributed by atoms with Gasteiger partial charge in [-0.2, -0.15) is 0 Å². The minimum Gasteiger partial charge on any atom is -0.495 e. The number of pyridine rings is 1. The van der Waals surface area contributed by atoms with Gasteiger partial charge in [-0.3, -0.25) is 9.78 Å². The number of halogens is 2. The van der Waals surface area contributed by atoms with Crippen LogP contribution in [0.3, 0.4) is 0 Å². The van der Waals surface area contributed by atoms with E-state index in [1.54, 1.807) is 13.3 Å². The SMILES string of the molecule is COc1cnc2cccc(C(O)C[C@@H]3CC[C@@H](NC(=O)/C=C/c4cc(F)ccc4F)[C@@H](CO)O3)c2c1. The largest absolute Gasteiger partial charge is 0.495 e. The normalized spacial score (nSPS) is 21.0. The lowest BCUT2D eigenvalue weighted by atomic mass is 9.92. The van der Waals surface area contributed by atoms with Gasteiger partial charge in [0.25, 0.3) is 0 Å². The van der Waals surface area contributed by atoms with E-state index in [1.165, 1.54) is 6.08 Å². The van der Waals surface area contributed by atoms with Gasteiger partial charge in [0.15, 0.2) is 0 Å². The van der Waals surface area contributed by atoms with E-state index < -0.39 is 35.8 Å². The molecule has 1 unspecified atom stereocenters. The van der Waals surface area contributed by atoms with Crippen molar-refractivity contribution in [3.05, 3.63) is 77.5 Å². The summed E-state index contributed by atoms with van der Waals surface area (Å²) >= 11 is 0. The number of aromatic nitrogens is 1. The number of benzene rings is 2. The molecule has 0 radical (unpaired) electrons. The molecule has 4 rings (SSSR count). The third-order valence-electron chi connectivity index (χ3n) is 6.31. The number of rotatable bonds is 8. The first-order chi connectivity index (χ1) is 17.4. The van der Waals surface area contributed by atoms with Gasteiger partial charge in [0, 0.05) is 23.4 Å². The number of nitrogens with zero attached hydrogens (tertiary/aromatic N) is 1. The number of hydrogen-bond donors (Lipinski definition) is 3. The fourth-order valence-electron chi connectivity index (χ4n) is 4.44. The Hall–Kier alpha value is -3.40. The molecule has 190 valence electrons. The van der Waals surface area contributed by atoms with Crippen molar-refractivity contribution in [2.75, 3.05) is 13.7 Å². The minimum absolute atomic E-state index is 0.0425. The summed E-state index contributed by atoms with van der Waals surface area (Å²) < 4.78 is 38.3. The summed E-state index contributed by atoms with van der Waals surface area (Å²) in [7, 11) is 1.55. The second kappa shape index (κ2) is 11.6. The van der Waals surface area contributed by atoms with E-state index in [0.29, 0.717) is 30.6 Å². The fourth-order valence-corrected chi connectivity index (χ4v) is 4.44. The second-order valence-electron chi connectivity index (χ2n) is 8.71. The van der Waals surface area contributed by atoms with Crippen LogP contribution in [0.1, 0.15) is 36.5 Å². The maximum Gasteiger partial charge on any atom is 0.244 e. The molecule has 1 fully saturated rings. The predicted octanol–water partition coefficient (Wildman–Crippen LogP) is 3.68. The van der Waals surface area contributed by atoms with E-state index in [9.17, 15) is 23.8 Å². The van der Waals surface area contributed by atoms with Gasteiger partial charge >= 0.3 is 0 Å². The first kappa shape index (κ1) is 25.7. The minimum atomic E-state index is -0.831. The summed E-state index contributed by atoms with van der Waals surface area (Å²) in [5.74, 6) is -1.17. The highest BCUT2D eigenvalue weighted by Crippen LogP contribution is 2.32. The molecule has 2 aromatic carbocycles. The van der Waals surface area contributed by atoms with Crippen LogP contribution in [-0.4, -0.2) is 53.1 Å². The molecule has 1 saturated heterocycles. The van der Waals surface area contributed by atoms with Crippen molar-refractivity contribution in [2.24, 2.45) is 0 Å². The number of fused-ring (bicyclic) bond motifs is 1. The summed E-state index contributed by atoms with van der Waals surface area (Å²) in [6, 6.07) is 9.86. The summed E-state index contributed by atoms with van der Waals surface area (Å²) in [6.45, 7) is -0.324. The van der Waals surface area contributed by atoms with Crippen LogP contribution in [0.15, 0.2) is 54.7 Å². The monoisotopic (exact) mass is 498 g/mol. The number of methoxy groups -OCH3 is 1. The third kappa shape index (κ3) is 6.04.